The third-order valence-corrected chi connectivity index (χ3v) is 4.50. The second-order valence-corrected chi connectivity index (χ2v) is 6.78. The van der Waals surface area contributed by atoms with Gasteiger partial charge in [-0.1, -0.05) is 12.1 Å². The molecule has 0 amide bonds. The number of phenols is 1. The van der Waals surface area contributed by atoms with Crippen molar-refractivity contribution in [2.75, 3.05) is 41.9 Å². The average molecular weight is 436 g/mol. The molecule has 2 aromatic carbocycles. The lowest BCUT2D eigenvalue weighted by Gasteiger charge is -2.27. The molecule has 1 saturated heterocycles. The van der Waals surface area contributed by atoms with Gasteiger partial charge >= 0.3 is 0 Å². The standard InChI is InChI=1S/C20H20N8O4/c29-17-3-1-2-14(12-17)13-21-26-19-23-18(22-15-4-6-16(7-5-15)28(30)31)24-20(25-19)27-8-10-32-11-9-27/h1-7,12-13,29H,8-11H2,(H2,22,23,24,25,26)/b21-13+. The zero-order chi connectivity index (χ0) is 22.3. The molecular weight excluding hydrogens is 416 g/mol. The second kappa shape index (κ2) is 9.66. The molecule has 32 heavy (non-hydrogen) atoms. The molecule has 0 bridgehead atoms. The molecule has 0 atom stereocenters. The predicted molar refractivity (Wildman–Crippen MR) is 119 cm³/mol. The number of nitro groups is 1. The van der Waals surface area contributed by atoms with Crippen molar-refractivity contribution in [1.82, 2.24) is 15.0 Å². The van der Waals surface area contributed by atoms with Crippen LogP contribution < -0.4 is 15.6 Å². The fourth-order valence-corrected chi connectivity index (χ4v) is 2.94. The van der Waals surface area contributed by atoms with E-state index in [1.54, 1.807) is 36.4 Å². The number of morpholine rings is 1. The van der Waals surface area contributed by atoms with E-state index in [0.717, 1.165) is 0 Å². The Morgan fingerprint density at radius 1 is 1.09 bits per heavy atom. The Morgan fingerprint density at radius 3 is 2.56 bits per heavy atom. The summed E-state index contributed by atoms with van der Waals surface area (Å²) in [4.78, 5) is 25.6. The molecule has 3 N–H and O–H groups in total. The van der Waals surface area contributed by atoms with Crippen molar-refractivity contribution < 1.29 is 14.8 Å². The van der Waals surface area contributed by atoms with Gasteiger partial charge in [-0.05, 0) is 29.8 Å². The SMILES string of the molecule is O=[N+]([O-])c1ccc(Nc2nc(N/N=C/c3cccc(O)c3)nc(N3CCOCC3)n2)cc1. The molecule has 4 rings (SSSR count). The minimum absolute atomic E-state index is 0.0103. The van der Waals surface area contributed by atoms with Crippen molar-refractivity contribution in [2.45, 2.75) is 0 Å². The van der Waals surface area contributed by atoms with Crippen LogP contribution in [-0.4, -0.2) is 57.5 Å². The highest BCUT2D eigenvalue weighted by atomic mass is 16.6. The molecule has 2 heterocycles. The van der Waals surface area contributed by atoms with Crippen LogP contribution in [0, 0.1) is 10.1 Å². The molecule has 164 valence electrons. The van der Waals surface area contributed by atoms with Crippen LogP contribution in [0.15, 0.2) is 53.6 Å². The second-order valence-electron chi connectivity index (χ2n) is 6.78. The highest BCUT2D eigenvalue weighted by molar-refractivity contribution is 5.80. The number of hydrogen-bond acceptors (Lipinski definition) is 11. The molecule has 1 aliphatic heterocycles. The largest absolute Gasteiger partial charge is 0.508 e. The van der Waals surface area contributed by atoms with Gasteiger partial charge in [0.25, 0.3) is 5.69 Å². The van der Waals surface area contributed by atoms with Gasteiger partial charge in [0.15, 0.2) is 0 Å². The van der Waals surface area contributed by atoms with Crippen LogP contribution >= 0.6 is 0 Å². The van der Waals surface area contributed by atoms with E-state index in [0.29, 0.717) is 43.5 Å². The predicted octanol–water partition coefficient (Wildman–Crippen LogP) is 2.51. The van der Waals surface area contributed by atoms with E-state index in [1.165, 1.54) is 18.3 Å². The number of aromatic nitrogens is 3. The van der Waals surface area contributed by atoms with Gasteiger partial charge in [-0.25, -0.2) is 5.43 Å². The fourth-order valence-electron chi connectivity index (χ4n) is 2.94. The molecule has 0 aliphatic carbocycles. The van der Waals surface area contributed by atoms with E-state index >= 15 is 0 Å². The summed E-state index contributed by atoms with van der Waals surface area (Å²) in [5, 5.41) is 27.6. The van der Waals surface area contributed by atoms with E-state index in [4.69, 9.17) is 4.74 Å². The molecule has 0 saturated carbocycles. The van der Waals surface area contributed by atoms with Crippen LogP contribution in [-0.2, 0) is 4.74 Å². The topological polar surface area (TPSA) is 151 Å². The van der Waals surface area contributed by atoms with Gasteiger partial charge in [-0.2, -0.15) is 20.1 Å². The van der Waals surface area contributed by atoms with E-state index in [9.17, 15) is 15.2 Å². The van der Waals surface area contributed by atoms with Crippen molar-refractivity contribution >= 4 is 35.4 Å². The first-order chi connectivity index (χ1) is 15.6. The van der Waals surface area contributed by atoms with Gasteiger partial charge in [-0.3, -0.25) is 10.1 Å². The number of nitrogens with one attached hydrogen (secondary N) is 2. The Hall–Kier alpha value is -4.32. The summed E-state index contributed by atoms with van der Waals surface area (Å²) in [5.74, 6) is 1.05. The molecule has 3 aromatic rings. The number of rotatable bonds is 7. The Balaban J connectivity index is 1.56. The normalized spacial score (nSPS) is 13.8. The minimum Gasteiger partial charge on any atom is -0.508 e. The zero-order valence-electron chi connectivity index (χ0n) is 16.9. The number of nitro benzene ring substituents is 1. The maximum atomic E-state index is 10.9. The van der Waals surface area contributed by atoms with Crippen molar-refractivity contribution in [3.63, 3.8) is 0 Å². The monoisotopic (exact) mass is 436 g/mol. The van der Waals surface area contributed by atoms with Crippen LogP contribution in [0.25, 0.3) is 0 Å². The van der Waals surface area contributed by atoms with Gasteiger partial charge in [-0.15, -0.1) is 0 Å². The van der Waals surface area contributed by atoms with Crippen molar-refractivity contribution in [3.8, 4) is 5.75 Å². The number of benzene rings is 2. The Bertz CT molecular complexity index is 1120. The Labute approximate surface area is 182 Å². The quantitative estimate of drug-likeness (QED) is 0.286. The summed E-state index contributed by atoms with van der Waals surface area (Å²) in [7, 11) is 0. The molecule has 12 nitrogen and oxygen atoms in total. The highest BCUT2D eigenvalue weighted by Gasteiger charge is 2.17. The summed E-state index contributed by atoms with van der Waals surface area (Å²) < 4.78 is 5.39. The van der Waals surface area contributed by atoms with E-state index < -0.39 is 4.92 Å². The first-order valence-corrected chi connectivity index (χ1v) is 9.75. The number of anilines is 4. The van der Waals surface area contributed by atoms with Crippen LogP contribution in [0.2, 0.25) is 0 Å². The third kappa shape index (κ3) is 5.43. The minimum atomic E-state index is -0.463. The number of ether oxygens (including phenoxy) is 1. The van der Waals surface area contributed by atoms with E-state index in [2.05, 4.69) is 30.8 Å². The Morgan fingerprint density at radius 2 is 1.84 bits per heavy atom. The van der Waals surface area contributed by atoms with Gasteiger partial charge in [0.1, 0.15) is 5.75 Å². The van der Waals surface area contributed by atoms with Crippen LogP contribution in [0.5, 0.6) is 5.75 Å². The highest BCUT2D eigenvalue weighted by Crippen LogP contribution is 2.21. The summed E-state index contributed by atoms with van der Waals surface area (Å²) in [6, 6.07) is 12.6. The summed E-state index contributed by atoms with van der Waals surface area (Å²) in [6.45, 7) is 2.39. The van der Waals surface area contributed by atoms with Gasteiger partial charge in [0.2, 0.25) is 17.8 Å². The lowest BCUT2D eigenvalue weighted by Crippen LogP contribution is -2.37. The first kappa shape index (κ1) is 20.9. The number of nitrogens with zero attached hydrogens (tertiary/aromatic N) is 6. The number of hydrogen-bond donors (Lipinski definition) is 3. The summed E-state index contributed by atoms with van der Waals surface area (Å²) >= 11 is 0. The van der Waals surface area contributed by atoms with Crippen molar-refractivity contribution in [3.05, 3.63) is 64.2 Å². The van der Waals surface area contributed by atoms with E-state index in [-0.39, 0.29) is 23.3 Å². The van der Waals surface area contributed by atoms with Crippen LogP contribution in [0.4, 0.5) is 29.2 Å². The lowest BCUT2D eigenvalue weighted by molar-refractivity contribution is -0.384. The number of aromatic hydroxyl groups is 1. The maximum absolute atomic E-state index is 10.9. The first-order valence-electron chi connectivity index (χ1n) is 9.75. The molecule has 1 fully saturated rings. The van der Waals surface area contributed by atoms with Crippen LogP contribution in [0.1, 0.15) is 5.56 Å². The smallest absolute Gasteiger partial charge is 0.269 e. The van der Waals surface area contributed by atoms with Gasteiger partial charge in [0, 0.05) is 30.9 Å². The van der Waals surface area contributed by atoms with Gasteiger partial charge < -0.3 is 20.1 Å². The number of non-ortho nitro benzene ring substituents is 1. The zero-order valence-corrected chi connectivity index (χ0v) is 16.9. The van der Waals surface area contributed by atoms with E-state index in [1.807, 2.05) is 4.90 Å². The molecule has 12 heteroatoms. The fraction of sp³-hybridized carbons (Fsp3) is 0.200. The van der Waals surface area contributed by atoms with Crippen LogP contribution in [0.3, 0.4) is 0 Å². The molecule has 1 aliphatic rings. The summed E-state index contributed by atoms with van der Waals surface area (Å²) in [5.41, 5.74) is 4.06. The third-order valence-electron chi connectivity index (χ3n) is 4.50. The molecule has 0 radical (unpaired) electrons. The van der Waals surface area contributed by atoms with Crippen molar-refractivity contribution in [2.24, 2.45) is 5.10 Å². The molecule has 1 aromatic heterocycles. The lowest BCUT2D eigenvalue weighted by atomic mass is 10.2. The number of phenolic OH excluding ortho intramolecular Hbond substituents is 1. The average Bonchev–Trinajstić information content (AvgIpc) is 2.80. The molecular formula is C20H20N8O4. The molecule has 0 spiro atoms. The number of hydrazone groups is 1. The Kier molecular flexibility index (Phi) is 6.32. The summed E-state index contributed by atoms with van der Waals surface area (Å²) in [6.07, 6.45) is 1.53. The van der Waals surface area contributed by atoms with Gasteiger partial charge in [0.05, 0.1) is 24.4 Å². The maximum Gasteiger partial charge on any atom is 0.269 e. The molecule has 0 unspecified atom stereocenters. The van der Waals surface area contributed by atoms with Crippen molar-refractivity contribution in [1.29, 1.82) is 0 Å².